The zero-order chi connectivity index (χ0) is 17.9. The lowest BCUT2D eigenvalue weighted by molar-refractivity contribution is -0.127. The van der Waals surface area contributed by atoms with E-state index in [9.17, 15) is 10.1 Å². The molecule has 0 aliphatic heterocycles. The molecule has 1 heterocycles. The molecule has 3 aliphatic carbocycles. The molecule has 0 unspecified atom stereocenters. The van der Waals surface area contributed by atoms with Crippen LogP contribution in [0.25, 0.3) is 10.8 Å². The molecule has 1 amide bonds. The van der Waals surface area contributed by atoms with E-state index in [-0.39, 0.29) is 28.8 Å². The summed E-state index contributed by atoms with van der Waals surface area (Å²) >= 11 is 0. The molecule has 3 saturated carbocycles. The van der Waals surface area contributed by atoms with Gasteiger partial charge in [-0.1, -0.05) is 12.1 Å². The Kier molecular flexibility index (Phi) is 3.20. The Bertz CT molecular complexity index is 953. The summed E-state index contributed by atoms with van der Waals surface area (Å²) in [4.78, 5) is 16.7. The first-order valence-corrected chi connectivity index (χ1v) is 9.24. The maximum Gasteiger partial charge on any atom is 0.228 e. The number of carbonyl (C=O) groups excluding carboxylic acids is 1. The van der Waals surface area contributed by atoms with Gasteiger partial charge in [-0.25, -0.2) is 4.98 Å². The number of benzene rings is 1. The van der Waals surface area contributed by atoms with Crippen molar-refractivity contribution >= 4 is 22.5 Å². The van der Waals surface area contributed by atoms with E-state index in [0.29, 0.717) is 5.82 Å². The number of nitrogens with one attached hydrogen (secondary N) is 1. The number of carbonyl (C=O) groups is 1. The molecule has 0 saturated heterocycles. The molecule has 1 N–H and O–H groups in total. The summed E-state index contributed by atoms with van der Waals surface area (Å²) in [6, 6.07) is 10.7. The molecular weight excluding hydrogens is 326 g/mol. The fourth-order valence-electron chi connectivity index (χ4n) is 4.52. The quantitative estimate of drug-likeness (QED) is 0.918. The van der Waals surface area contributed by atoms with Crippen LogP contribution >= 0.6 is 0 Å². The van der Waals surface area contributed by atoms with E-state index in [4.69, 9.17) is 4.74 Å². The average Bonchev–Trinajstić information content (AvgIpc) is 3.52. The van der Waals surface area contributed by atoms with Crippen molar-refractivity contribution < 1.29 is 9.53 Å². The molecule has 5 heteroatoms. The minimum atomic E-state index is -0.297. The van der Waals surface area contributed by atoms with Crippen molar-refractivity contribution in [3.63, 3.8) is 0 Å². The Morgan fingerprint density at radius 1 is 1.31 bits per heavy atom. The van der Waals surface area contributed by atoms with Gasteiger partial charge in [-0.15, -0.1) is 0 Å². The zero-order valence-corrected chi connectivity index (χ0v) is 14.8. The number of pyridine rings is 1. The van der Waals surface area contributed by atoms with Crippen molar-refractivity contribution in [1.82, 2.24) is 4.98 Å². The summed E-state index contributed by atoms with van der Waals surface area (Å²) in [5.74, 6) is 0.587. The number of anilines is 1. The molecular formula is C21H21N3O2. The van der Waals surface area contributed by atoms with Crippen LogP contribution in [0.15, 0.2) is 30.5 Å². The molecule has 1 atom stereocenters. The second-order valence-corrected chi connectivity index (χ2v) is 8.12. The maximum absolute atomic E-state index is 12.3. The van der Waals surface area contributed by atoms with Crippen LogP contribution in [-0.2, 0) is 14.9 Å². The van der Waals surface area contributed by atoms with E-state index in [1.54, 1.807) is 13.3 Å². The average molecular weight is 347 g/mol. The van der Waals surface area contributed by atoms with Crippen molar-refractivity contribution in [1.29, 1.82) is 5.26 Å². The van der Waals surface area contributed by atoms with Crippen LogP contribution in [0, 0.1) is 22.7 Å². The highest BCUT2D eigenvalue weighted by atomic mass is 16.5. The number of fused-ring (bicyclic) bond motifs is 1. The molecule has 1 aromatic carbocycles. The molecule has 1 spiro atoms. The number of ether oxygens (including phenoxy) is 1. The normalized spacial score (nSPS) is 30.5. The first-order valence-electron chi connectivity index (χ1n) is 9.24. The molecule has 132 valence electrons. The van der Waals surface area contributed by atoms with Crippen molar-refractivity contribution in [2.24, 2.45) is 11.3 Å². The van der Waals surface area contributed by atoms with Gasteiger partial charge in [0.15, 0.2) is 0 Å². The first-order chi connectivity index (χ1) is 12.6. The summed E-state index contributed by atoms with van der Waals surface area (Å²) in [6.45, 7) is 0. The lowest BCUT2D eigenvalue weighted by atomic mass is 9.81. The van der Waals surface area contributed by atoms with Gasteiger partial charge in [0.2, 0.25) is 5.91 Å². The SMILES string of the molecule is COC1CC(C(=O)Nc2cc3cc([C@]4(C#N)CC45CC5)ccc3cn2)C1. The predicted octanol–water partition coefficient (Wildman–Crippen LogP) is 3.54. The number of aromatic nitrogens is 1. The summed E-state index contributed by atoms with van der Waals surface area (Å²) < 4.78 is 5.24. The fraction of sp³-hybridized carbons (Fsp3) is 0.476. The number of nitriles is 1. The Hall–Kier alpha value is -2.45. The Morgan fingerprint density at radius 3 is 2.77 bits per heavy atom. The summed E-state index contributed by atoms with van der Waals surface area (Å²) in [5.41, 5.74) is 1.06. The van der Waals surface area contributed by atoms with Gasteiger partial charge < -0.3 is 10.1 Å². The minimum Gasteiger partial charge on any atom is -0.381 e. The van der Waals surface area contributed by atoms with E-state index in [2.05, 4.69) is 28.5 Å². The number of methoxy groups -OCH3 is 1. The lowest BCUT2D eigenvalue weighted by Crippen LogP contribution is -2.38. The third-order valence-electron chi connectivity index (χ3n) is 6.69. The summed E-state index contributed by atoms with van der Waals surface area (Å²) in [6.07, 6.45) is 6.85. The monoisotopic (exact) mass is 347 g/mol. The summed E-state index contributed by atoms with van der Waals surface area (Å²) in [5, 5.41) is 14.7. The van der Waals surface area contributed by atoms with E-state index < -0.39 is 0 Å². The highest BCUT2D eigenvalue weighted by Crippen LogP contribution is 2.78. The van der Waals surface area contributed by atoms with Gasteiger partial charge in [-0.05, 0) is 60.6 Å². The molecule has 1 aromatic heterocycles. The van der Waals surface area contributed by atoms with Crippen molar-refractivity contribution in [3.8, 4) is 6.07 Å². The third kappa shape index (κ3) is 2.18. The number of rotatable bonds is 4. The molecule has 5 rings (SSSR count). The highest BCUT2D eigenvalue weighted by molar-refractivity contribution is 5.94. The Labute approximate surface area is 152 Å². The van der Waals surface area contributed by atoms with E-state index >= 15 is 0 Å². The van der Waals surface area contributed by atoms with E-state index in [0.717, 1.165) is 35.6 Å². The molecule has 5 nitrogen and oxygen atoms in total. The number of nitrogens with zero attached hydrogens (tertiary/aromatic N) is 2. The number of hydrogen-bond acceptors (Lipinski definition) is 4. The van der Waals surface area contributed by atoms with Crippen LogP contribution < -0.4 is 5.32 Å². The predicted molar refractivity (Wildman–Crippen MR) is 97.5 cm³/mol. The van der Waals surface area contributed by atoms with Gasteiger partial charge in [0.05, 0.1) is 17.6 Å². The van der Waals surface area contributed by atoms with Crippen molar-refractivity contribution in [3.05, 3.63) is 36.0 Å². The van der Waals surface area contributed by atoms with Crippen molar-refractivity contribution in [2.45, 2.75) is 43.6 Å². The van der Waals surface area contributed by atoms with Crippen molar-refractivity contribution in [2.75, 3.05) is 12.4 Å². The smallest absolute Gasteiger partial charge is 0.228 e. The lowest BCUT2D eigenvalue weighted by Gasteiger charge is -2.32. The number of hydrogen-bond donors (Lipinski definition) is 1. The Morgan fingerprint density at radius 2 is 2.12 bits per heavy atom. The molecule has 2 aromatic rings. The van der Waals surface area contributed by atoms with Crippen LogP contribution in [-0.4, -0.2) is 24.1 Å². The Balaban J connectivity index is 1.39. The van der Waals surface area contributed by atoms with Gasteiger partial charge in [-0.2, -0.15) is 5.26 Å². The maximum atomic E-state index is 12.3. The fourth-order valence-corrected chi connectivity index (χ4v) is 4.52. The van der Waals surface area contributed by atoms with E-state index in [1.807, 2.05) is 12.1 Å². The largest absolute Gasteiger partial charge is 0.381 e. The van der Waals surface area contributed by atoms with Gasteiger partial charge >= 0.3 is 0 Å². The van der Waals surface area contributed by atoms with Gasteiger partial charge in [0.1, 0.15) is 5.82 Å². The van der Waals surface area contributed by atoms with Crippen LogP contribution in [0.1, 0.15) is 37.7 Å². The van der Waals surface area contributed by atoms with Crippen LogP contribution in [0.2, 0.25) is 0 Å². The second-order valence-electron chi connectivity index (χ2n) is 8.12. The summed E-state index contributed by atoms with van der Waals surface area (Å²) in [7, 11) is 1.68. The number of amides is 1. The molecule has 3 aliphatic rings. The molecule has 0 radical (unpaired) electrons. The van der Waals surface area contributed by atoms with Gasteiger partial charge in [-0.3, -0.25) is 4.79 Å². The van der Waals surface area contributed by atoms with E-state index in [1.165, 1.54) is 12.8 Å². The molecule has 3 fully saturated rings. The topological polar surface area (TPSA) is 75.0 Å². The first kappa shape index (κ1) is 15.8. The molecule has 0 bridgehead atoms. The molecule has 26 heavy (non-hydrogen) atoms. The van der Waals surface area contributed by atoms with Crippen LogP contribution in [0.4, 0.5) is 5.82 Å². The standard InChI is InChI=1S/C21H21N3O2/c1-26-17-7-15(8-17)19(25)24-18-9-14-6-16(3-2-13(14)10-23-18)21(12-22)11-20(21)4-5-20/h2-3,6,9-10,15,17H,4-5,7-8,11H2,1H3,(H,23,24,25)/t15?,17?,21-/m1/s1. The minimum absolute atomic E-state index is 0.00632. The third-order valence-corrected chi connectivity index (χ3v) is 6.69. The van der Waals surface area contributed by atoms with Crippen LogP contribution in [0.5, 0.6) is 0 Å². The van der Waals surface area contributed by atoms with Gasteiger partial charge in [0, 0.05) is 24.6 Å². The zero-order valence-electron chi connectivity index (χ0n) is 14.8. The highest BCUT2D eigenvalue weighted by Gasteiger charge is 2.75. The second kappa shape index (κ2) is 5.28. The van der Waals surface area contributed by atoms with Crippen LogP contribution in [0.3, 0.4) is 0 Å². The van der Waals surface area contributed by atoms with Gasteiger partial charge in [0.25, 0.3) is 0 Å².